The lowest BCUT2D eigenvalue weighted by molar-refractivity contribution is -0.139. The molecule has 2 N–H and O–H groups in total. The number of likely N-dealkylation sites (tertiary alicyclic amines) is 1. The Kier molecular flexibility index (Phi) is 4.93. The zero-order valence-corrected chi connectivity index (χ0v) is 10.3. The van der Waals surface area contributed by atoms with Gasteiger partial charge in [-0.3, -0.25) is 9.59 Å². The summed E-state index contributed by atoms with van der Waals surface area (Å²) in [4.78, 5) is 23.8. The first-order valence-corrected chi connectivity index (χ1v) is 6.13. The number of piperidine rings is 1. The molecule has 1 aliphatic heterocycles. The highest BCUT2D eigenvalue weighted by Crippen LogP contribution is 2.21. The second kappa shape index (κ2) is 6.00. The van der Waals surface area contributed by atoms with Crippen LogP contribution in [0.5, 0.6) is 0 Å². The van der Waals surface area contributed by atoms with Gasteiger partial charge in [0.05, 0.1) is 5.60 Å². The highest BCUT2D eigenvalue weighted by atomic mass is 16.4. The van der Waals surface area contributed by atoms with Crippen molar-refractivity contribution in [2.24, 2.45) is 0 Å². The topological polar surface area (TPSA) is 77.8 Å². The van der Waals surface area contributed by atoms with E-state index in [-0.39, 0.29) is 12.3 Å². The molecular weight excluding hydrogens is 222 g/mol. The highest BCUT2D eigenvalue weighted by Gasteiger charge is 2.30. The van der Waals surface area contributed by atoms with Crippen molar-refractivity contribution in [2.45, 2.75) is 51.0 Å². The zero-order chi connectivity index (χ0) is 12.9. The van der Waals surface area contributed by atoms with Crippen LogP contribution in [0.1, 0.15) is 45.4 Å². The van der Waals surface area contributed by atoms with Crippen LogP contribution in [0.4, 0.5) is 0 Å². The summed E-state index contributed by atoms with van der Waals surface area (Å²) in [5.41, 5.74) is -0.769. The van der Waals surface area contributed by atoms with Gasteiger partial charge in [-0.2, -0.15) is 0 Å². The Labute approximate surface area is 101 Å². The Morgan fingerprint density at radius 2 is 1.94 bits per heavy atom. The van der Waals surface area contributed by atoms with Crippen molar-refractivity contribution in [1.82, 2.24) is 4.90 Å². The molecule has 1 heterocycles. The molecular formula is C12H21NO4. The van der Waals surface area contributed by atoms with E-state index < -0.39 is 11.6 Å². The van der Waals surface area contributed by atoms with Crippen molar-refractivity contribution in [3.05, 3.63) is 0 Å². The minimum Gasteiger partial charge on any atom is -0.481 e. The van der Waals surface area contributed by atoms with Crippen LogP contribution < -0.4 is 0 Å². The first kappa shape index (κ1) is 14.0. The fourth-order valence-corrected chi connectivity index (χ4v) is 2.14. The molecule has 98 valence electrons. The monoisotopic (exact) mass is 243 g/mol. The fraction of sp³-hybridized carbons (Fsp3) is 0.833. The quantitative estimate of drug-likeness (QED) is 0.706. The number of carboxylic acid groups (broad SMARTS) is 1. The van der Waals surface area contributed by atoms with E-state index in [1.165, 1.54) is 0 Å². The number of hydrogen-bond donors (Lipinski definition) is 2. The van der Waals surface area contributed by atoms with Crippen molar-refractivity contribution < 1.29 is 19.8 Å². The van der Waals surface area contributed by atoms with Crippen LogP contribution in [0, 0.1) is 0 Å². The number of β-amino-alcohol motifs (C(OH)–C–C–N with tert-alkyl or cyclic N) is 1. The lowest BCUT2D eigenvalue weighted by atomic mass is 9.95. The summed E-state index contributed by atoms with van der Waals surface area (Å²) in [5, 5.41) is 18.3. The average Bonchev–Trinajstić information content (AvgIpc) is 2.22. The Morgan fingerprint density at radius 3 is 2.53 bits per heavy atom. The van der Waals surface area contributed by atoms with Gasteiger partial charge in [0.2, 0.25) is 5.91 Å². The second-order valence-corrected chi connectivity index (χ2v) is 5.02. The summed E-state index contributed by atoms with van der Waals surface area (Å²) >= 11 is 0. The molecule has 1 amide bonds. The molecule has 5 heteroatoms. The van der Waals surface area contributed by atoms with E-state index in [0.29, 0.717) is 32.4 Å². The van der Waals surface area contributed by atoms with E-state index >= 15 is 0 Å². The van der Waals surface area contributed by atoms with Crippen LogP contribution in [-0.4, -0.2) is 45.7 Å². The van der Waals surface area contributed by atoms with Crippen LogP contribution in [0.25, 0.3) is 0 Å². The third kappa shape index (κ3) is 5.17. The maximum absolute atomic E-state index is 11.8. The number of amides is 1. The Bertz CT molecular complexity index is 288. The third-order valence-corrected chi connectivity index (χ3v) is 3.06. The van der Waals surface area contributed by atoms with Crippen LogP contribution in [0.15, 0.2) is 0 Å². The van der Waals surface area contributed by atoms with E-state index in [1.807, 2.05) is 0 Å². The van der Waals surface area contributed by atoms with E-state index in [1.54, 1.807) is 11.8 Å². The number of hydrogen-bond acceptors (Lipinski definition) is 3. The van der Waals surface area contributed by atoms with E-state index in [0.717, 1.165) is 12.8 Å². The number of aliphatic hydroxyl groups is 1. The number of carboxylic acids is 1. The molecule has 1 unspecified atom stereocenters. The second-order valence-electron chi connectivity index (χ2n) is 5.02. The van der Waals surface area contributed by atoms with Gasteiger partial charge in [-0.05, 0) is 32.6 Å². The predicted octanol–water partition coefficient (Wildman–Crippen LogP) is 1.00. The summed E-state index contributed by atoms with van der Waals surface area (Å²) in [5.74, 6) is -0.797. The molecule has 1 aliphatic rings. The molecule has 17 heavy (non-hydrogen) atoms. The molecule has 1 rings (SSSR count). The molecule has 5 nitrogen and oxygen atoms in total. The van der Waals surface area contributed by atoms with Gasteiger partial charge in [-0.25, -0.2) is 0 Å². The van der Waals surface area contributed by atoms with E-state index in [9.17, 15) is 14.7 Å². The summed E-state index contributed by atoms with van der Waals surface area (Å²) in [7, 11) is 0. The maximum Gasteiger partial charge on any atom is 0.303 e. The molecule has 1 fully saturated rings. The minimum atomic E-state index is -0.821. The van der Waals surface area contributed by atoms with E-state index in [4.69, 9.17) is 5.11 Å². The van der Waals surface area contributed by atoms with Crippen LogP contribution >= 0.6 is 0 Å². The van der Waals surface area contributed by atoms with Crippen molar-refractivity contribution in [3.8, 4) is 0 Å². The lowest BCUT2D eigenvalue weighted by Crippen LogP contribution is -2.48. The molecule has 0 radical (unpaired) electrons. The Morgan fingerprint density at radius 1 is 1.29 bits per heavy atom. The Balaban J connectivity index is 2.25. The zero-order valence-electron chi connectivity index (χ0n) is 10.3. The molecule has 0 aromatic carbocycles. The van der Waals surface area contributed by atoms with Crippen LogP contribution in [-0.2, 0) is 9.59 Å². The fourth-order valence-electron chi connectivity index (χ4n) is 2.14. The number of carbonyl (C=O) groups excluding carboxylic acids is 1. The number of nitrogens with zero attached hydrogens (tertiary/aromatic N) is 1. The SMILES string of the molecule is CC1(O)CCCN(C(=O)CCCCC(=O)O)C1. The smallest absolute Gasteiger partial charge is 0.303 e. The van der Waals surface area contributed by atoms with E-state index in [2.05, 4.69) is 0 Å². The number of rotatable bonds is 5. The molecule has 0 saturated carbocycles. The summed E-state index contributed by atoms with van der Waals surface area (Å²) in [6.07, 6.45) is 3.19. The van der Waals surface area contributed by atoms with Gasteiger partial charge in [0.1, 0.15) is 0 Å². The third-order valence-electron chi connectivity index (χ3n) is 3.06. The van der Waals surface area contributed by atoms with Gasteiger partial charge in [-0.1, -0.05) is 0 Å². The minimum absolute atomic E-state index is 0.0235. The van der Waals surface area contributed by atoms with Gasteiger partial charge < -0.3 is 15.1 Å². The molecule has 1 saturated heterocycles. The summed E-state index contributed by atoms with van der Waals surface area (Å²) < 4.78 is 0. The van der Waals surface area contributed by atoms with Crippen molar-refractivity contribution >= 4 is 11.9 Å². The van der Waals surface area contributed by atoms with Gasteiger partial charge in [-0.15, -0.1) is 0 Å². The molecule has 0 aliphatic carbocycles. The van der Waals surface area contributed by atoms with Crippen molar-refractivity contribution in [2.75, 3.05) is 13.1 Å². The molecule has 0 spiro atoms. The van der Waals surface area contributed by atoms with Gasteiger partial charge >= 0.3 is 5.97 Å². The highest BCUT2D eigenvalue weighted by molar-refractivity contribution is 5.76. The van der Waals surface area contributed by atoms with Crippen molar-refractivity contribution in [1.29, 1.82) is 0 Å². The largest absolute Gasteiger partial charge is 0.481 e. The molecule has 0 aromatic rings. The van der Waals surface area contributed by atoms with Crippen LogP contribution in [0.2, 0.25) is 0 Å². The molecule has 1 atom stereocenters. The first-order chi connectivity index (χ1) is 7.91. The number of unbranched alkanes of at least 4 members (excludes halogenated alkanes) is 1. The number of carbonyl (C=O) groups is 2. The molecule has 0 aromatic heterocycles. The number of aliphatic carboxylic acids is 1. The Hall–Kier alpha value is -1.10. The van der Waals surface area contributed by atoms with Gasteiger partial charge in [0, 0.05) is 25.9 Å². The predicted molar refractivity (Wildman–Crippen MR) is 62.5 cm³/mol. The normalized spacial score (nSPS) is 24.7. The average molecular weight is 243 g/mol. The van der Waals surface area contributed by atoms with Crippen molar-refractivity contribution in [3.63, 3.8) is 0 Å². The summed E-state index contributed by atoms with van der Waals surface area (Å²) in [6, 6.07) is 0. The maximum atomic E-state index is 11.8. The molecule has 0 bridgehead atoms. The first-order valence-electron chi connectivity index (χ1n) is 6.13. The lowest BCUT2D eigenvalue weighted by Gasteiger charge is -2.36. The standard InChI is InChI=1S/C12H21NO4/c1-12(17)7-4-8-13(9-12)10(14)5-2-3-6-11(15)16/h17H,2-9H2,1H3,(H,15,16). The van der Waals surface area contributed by atoms with Gasteiger partial charge in [0.25, 0.3) is 0 Å². The van der Waals surface area contributed by atoms with Gasteiger partial charge in [0.15, 0.2) is 0 Å². The summed E-state index contributed by atoms with van der Waals surface area (Å²) in [6.45, 7) is 2.84. The van der Waals surface area contributed by atoms with Crippen LogP contribution in [0.3, 0.4) is 0 Å².